The van der Waals surface area contributed by atoms with Crippen molar-refractivity contribution in [1.29, 1.82) is 0 Å². The Morgan fingerprint density at radius 2 is 1.60 bits per heavy atom. The molecule has 0 aromatic heterocycles. The number of anilines is 1. The lowest BCUT2D eigenvalue weighted by Gasteiger charge is -2.19. The second-order valence-electron chi connectivity index (χ2n) is 6.17. The second-order valence-corrected chi connectivity index (χ2v) is 6.17. The third-order valence-electron chi connectivity index (χ3n) is 4.52. The second kappa shape index (κ2) is 7.83. The monoisotopic (exact) mass is 337 g/mol. The molecule has 1 aliphatic rings. The Balaban J connectivity index is 1.73. The van der Waals surface area contributed by atoms with E-state index in [0.29, 0.717) is 5.56 Å². The summed E-state index contributed by atoms with van der Waals surface area (Å²) in [5.74, 6) is -0.501. The molecule has 1 fully saturated rings. The van der Waals surface area contributed by atoms with Gasteiger partial charge in [-0.15, -0.1) is 0 Å². The van der Waals surface area contributed by atoms with Crippen LogP contribution in [0.15, 0.2) is 54.6 Å². The van der Waals surface area contributed by atoms with Gasteiger partial charge in [0.2, 0.25) is 5.91 Å². The van der Waals surface area contributed by atoms with E-state index < -0.39 is 6.04 Å². The maximum absolute atomic E-state index is 12.6. The molecule has 1 heterocycles. The van der Waals surface area contributed by atoms with E-state index >= 15 is 0 Å². The third-order valence-corrected chi connectivity index (χ3v) is 4.52. The van der Waals surface area contributed by atoms with E-state index in [1.165, 1.54) is 12.8 Å². The first-order valence-corrected chi connectivity index (χ1v) is 8.61. The van der Waals surface area contributed by atoms with Crippen molar-refractivity contribution in [1.82, 2.24) is 10.6 Å². The Kier molecular flexibility index (Phi) is 5.33. The topological polar surface area (TPSA) is 61.4 Å². The summed E-state index contributed by atoms with van der Waals surface area (Å²) in [6.07, 6.45) is 2.43. The zero-order chi connectivity index (χ0) is 17.6. The van der Waals surface area contributed by atoms with Gasteiger partial charge in [0.1, 0.15) is 6.04 Å². The zero-order valence-electron chi connectivity index (χ0n) is 14.4. The molecule has 0 aliphatic carbocycles. The highest BCUT2D eigenvalue weighted by atomic mass is 16.2. The third kappa shape index (κ3) is 3.99. The molecule has 2 N–H and O–H groups in total. The fourth-order valence-corrected chi connectivity index (χ4v) is 3.10. The maximum Gasteiger partial charge on any atom is 0.252 e. The van der Waals surface area contributed by atoms with Crippen molar-refractivity contribution in [2.45, 2.75) is 18.9 Å². The van der Waals surface area contributed by atoms with Gasteiger partial charge in [-0.2, -0.15) is 0 Å². The number of likely N-dealkylation sites (N-methyl/N-ethyl adjacent to an activating group) is 1. The summed E-state index contributed by atoms with van der Waals surface area (Å²) in [5, 5.41) is 5.43. The minimum absolute atomic E-state index is 0.242. The van der Waals surface area contributed by atoms with Crippen LogP contribution in [-0.4, -0.2) is 32.0 Å². The molecule has 5 nitrogen and oxygen atoms in total. The average molecular weight is 337 g/mol. The molecule has 5 heteroatoms. The molecule has 3 rings (SSSR count). The number of carbonyl (C=O) groups excluding carboxylic acids is 2. The molecule has 2 aromatic carbocycles. The summed E-state index contributed by atoms with van der Waals surface area (Å²) in [6.45, 7) is 2.14. The van der Waals surface area contributed by atoms with E-state index in [1.54, 1.807) is 7.05 Å². The number of hydrogen-bond acceptors (Lipinski definition) is 3. The van der Waals surface area contributed by atoms with Gasteiger partial charge in [0.05, 0.1) is 0 Å². The number of benzene rings is 2. The lowest BCUT2D eigenvalue weighted by Crippen LogP contribution is -2.39. The Labute approximate surface area is 148 Å². The molecule has 2 amide bonds. The molecule has 130 valence electrons. The van der Waals surface area contributed by atoms with Crippen molar-refractivity contribution in [3.8, 4) is 0 Å². The van der Waals surface area contributed by atoms with Crippen LogP contribution in [0.3, 0.4) is 0 Å². The minimum atomic E-state index is -0.711. The Morgan fingerprint density at radius 1 is 0.960 bits per heavy atom. The fraction of sp³-hybridized carbons (Fsp3) is 0.300. The average Bonchev–Trinajstić information content (AvgIpc) is 3.21. The molecular weight excluding hydrogens is 314 g/mol. The van der Waals surface area contributed by atoms with Gasteiger partial charge in [0, 0.05) is 31.4 Å². The van der Waals surface area contributed by atoms with Crippen molar-refractivity contribution >= 4 is 17.5 Å². The van der Waals surface area contributed by atoms with Gasteiger partial charge in [-0.3, -0.25) is 9.59 Å². The predicted molar refractivity (Wildman–Crippen MR) is 98.6 cm³/mol. The molecule has 0 bridgehead atoms. The first-order chi connectivity index (χ1) is 12.2. The van der Waals surface area contributed by atoms with Gasteiger partial charge < -0.3 is 15.5 Å². The van der Waals surface area contributed by atoms with E-state index in [4.69, 9.17) is 0 Å². The molecule has 0 radical (unpaired) electrons. The predicted octanol–water partition coefficient (Wildman–Crippen LogP) is 2.50. The molecule has 1 atom stereocenters. The summed E-state index contributed by atoms with van der Waals surface area (Å²) in [4.78, 5) is 27.1. The van der Waals surface area contributed by atoms with Crippen LogP contribution in [0.1, 0.15) is 34.8 Å². The van der Waals surface area contributed by atoms with Crippen molar-refractivity contribution < 1.29 is 9.59 Å². The largest absolute Gasteiger partial charge is 0.372 e. The molecule has 0 spiro atoms. The highest BCUT2D eigenvalue weighted by Crippen LogP contribution is 2.21. The number of nitrogens with zero attached hydrogens (tertiary/aromatic N) is 1. The van der Waals surface area contributed by atoms with Gasteiger partial charge in [-0.25, -0.2) is 0 Å². The van der Waals surface area contributed by atoms with Crippen LogP contribution < -0.4 is 15.5 Å². The molecule has 25 heavy (non-hydrogen) atoms. The first kappa shape index (κ1) is 17.0. The standard InChI is InChI=1S/C20H23N3O2/c1-21-20(25)18(15-7-3-2-4-8-15)22-19(24)16-9-11-17(12-10-16)23-13-5-6-14-23/h2-4,7-12,18H,5-6,13-14H2,1H3,(H,21,25)(H,22,24)/t18-/m1/s1. The fourth-order valence-electron chi connectivity index (χ4n) is 3.10. The quantitative estimate of drug-likeness (QED) is 0.881. The van der Waals surface area contributed by atoms with Crippen molar-refractivity contribution in [2.75, 3.05) is 25.0 Å². The van der Waals surface area contributed by atoms with E-state index in [1.807, 2.05) is 54.6 Å². The van der Waals surface area contributed by atoms with Crippen LogP contribution >= 0.6 is 0 Å². The van der Waals surface area contributed by atoms with Crippen molar-refractivity contribution in [2.24, 2.45) is 0 Å². The van der Waals surface area contributed by atoms with E-state index in [2.05, 4.69) is 15.5 Å². The van der Waals surface area contributed by atoms with Crippen LogP contribution in [0.25, 0.3) is 0 Å². The lowest BCUT2D eigenvalue weighted by molar-refractivity contribution is -0.122. The highest BCUT2D eigenvalue weighted by Gasteiger charge is 2.22. The molecular formula is C20H23N3O2. The number of amides is 2. The van der Waals surface area contributed by atoms with Crippen LogP contribution in [0, 0.1) is 0 Å². The summed E-state index contributed by atoms with van der Waals surface area (Å²) < 4.78 is 0. The van der Waals surface area contributed by atoms with Gasteiger partial charge in [0.25, 0.3) is 5.91 Å². The molecule has 1 saturated heterocycles. The first-order valence-electron chi connectivity index (χ1n) is 8.61. The van der Waals surface area contributed by atoms with Gasteiger partial charge >= 0.3 is 0 Å². The van der Waals surface area contributed by atoms with Gasteiger partial charge in [-0.05, 0) is 42.7 Å². The van der Waals surface area contributed by atoms with Crippen LogP contribution in [0.2, 0.25) is 0 Å². The van der Waals surface area contributed by atoms with Crippen molar-refractivity contribution in [3.63, 3.8) is 0 Å². The van der Waals surface area contributed by atoms with Gasteiger partial charge in [-0.1, -0.05) is 30.3 Å². The van der Waals surface area contributed by atoms with E-state index in [9.17, 15) is 9.59 Å². The highest BCUT2D eigenvalue weighted by molar-refractivity contribution is 5.98. The van der Waals surface area contributed by atoms with Crippen LogP contribution in [0.4, 0.5) is 5.69 Å². The molecule has 0 unspecified atom stereocenters. The Morgan fingerprint density at radius 3 is 2.20 bits per heavy atom. The van der Waals surface area contributed by atoms with Gasteiger partial charge in [0.15, 0.2) is 0 Å². The van der Waals surface area contributed by atoms with Crippen LogP contribution in [0.5, 0.6) is 0 Å². The van der Waals surface area contributed by atoms with E-state index in [0.717, 1.165) is 24.3 Å². The number of carbonyl (C=O) groups is 2. The maximum atomic E-state index is 12.6. The Bertz CT molecular complexity index is 722. The zero-order valence-corrected chi connectivity index (χ0v) is 14.4. The Hall–Kier alpha value is -2.82. The van der Waals surface area contributed by atoms with Crippen LogP contribution in [-0.2, 0) is 4.79 Å². The summed E-state index contributed by atoms with van der Waals surface area (Å²) in [7, 11) is 1.56. The number of rotatable bonds is 5. The number of nitrogens with one attached hydrogen (secondary N) is 2. The number of hydrogen-bond donors (Lipinski definition) is 2. The molecule has 0 saturated carbocycles. The summed E-state index contributed by atoms with van der Waals surface area (Å²) >= 11 is 0. The molecule has 2 aromatic rings. The summed E-state index contributed by atoms with van der Waals surface area (Å²) in [6, 6.07) is 16.1. The lowest BCUT2D eigenvalue weighted by atomic mass is 10.1. The van der Waals surface area contributed by atoms with E-state index in [-0.39, 0.29) is 11.8 Å². The normalized spacial score (nSPS) is 14.8. The smallest absolute Gasteiger partial charge is 0.252 e. The SMILES string of the molecule is CNC(=O)[C@H](NC(=O)c1ccc(N2CCCC2)cc1)c1ccccc1. The summed E-state index contributed by atoms with van der Waals surface area (Å²) in [5.41, 5.74) is 2.44. The minimum Gasteiger partial charge on any atom is -0.372 e. The molecule has 1 aliphatic heterocycles. The van der Waals surface area contributed by atoms with Crippen molar-refractivity contribution in [3.05, 3.63) is 65.7 Å².